The number of carbonyl (C=O) groups is 1. The molecule has 0 aliphatic heterocycles. The molecule has 2 rings (SSSR count). The Kier molecular flexibility index (Phi) is 7.14. The lowest BCUT2D eigenvalue weighted by Crippen LogP contribution is -2.37. The minimum Gasteiger partial charge on any atom is -0.481 e. The van der Waals surface area contributed by atoms with Crippen molar-refractivity contribution in [3.63, 3.8) is 0 Å². The minimum absolute atomic E-state index is 0.0401. The molecule has 140 valence electrons. The fourth-order valence-electron chi connectivity index (χ4n) is 2.55. The number of sulfonamides is 1. The Hall–Kier alpha value is -1.96. The molecule has 1 unspecified atom stereocenters. The SMILES string of the molecule is O=C(O)CCC(Cc1ccccc1)NS(=O)(=O)Cc1cc(Cl)ccc1F. The van der Waals surface area contributed by atoms with Crippen molar-refractivity contribution in [2.24, 2.45) is 0 Å². The van der Waals surface area contributed by atoms with Gasteiger partial charge in [0.05, 0.1) is 5.75 Å². The molecule has 2 aromatic carbocycles. The predicted octanol–water partition coefficient (Wildman–Crippen LogP) is 3.37. The van der Waals surface area contributed by atoms with Crippen LogP contribution < -0.4 is 4.72 Å². The zero-order valence-electron chi connectivity index (χ0n) is 13.9. The number of halogens is 2. The van der Waals surface area contributed by atoms with Gasteiger partial charge in [0.1, 0.15) is 5.82 Å². The van der Waals surface area contributed by atoms with Crippen molar-refractivity contribution in [2.45, 2.75) is 31.1 Å². The average Bonchev–Trinajstić information content (AvgIpc) is 2.56. The van der Waals surface area contributed by atoms with E-state index in [1.807, 2.05) is 30.3 Å². The fourth-order valence-corrected chi connectivity index (χ4v) is 4.17. The molecule has 0 fully saturated rings. The molecule has 8 heteroatoms. The number of carboxylic acid groups (broad SMARTS) is 1. The minimum atomic E-state index is -3.88. The Balaban J connectivity index is 2.13. The van der Waals surface area contributed by atoms with Crippen molar-refractivity contribution < 1.29 is 22.7 Å². The number of carboxylic acids is 1. The molecule has 0 aromatic heterocycles. The first-order valence-electron chi connectivity index (χ1n) is 7.95. The summed E-state index contributed by atoms with van der Waals surface area (Å²) in [5.74, 6) is -2.24. The van der Waals surface area contributed by atoms with E-state index in [1.54, 1.807) is 0 Å². The van der Waals surface area contributed by atoms with Crippen LogP contribution in [0.15, 0.2) is 48.5 Å². The summed E-state index contributed by atoms with van der Waals surface area (Å²) in [5, 5.41) is 9.13. The summed E-state index contributed by atoms with van der Waals surface area (Å²) in [4.78, 5) is 10.9. The maximum absolute atomic E-state index is 13.8. The fraction of sp³-hybridized carbons (Fsp3) is 0.278. The Morgan fingerprint density at radius 1 is 1.19 bits per heavy atom. The first kappa shape index (κ1) is 20.4. The lowest BCUT2D eigenvalue weighted by molar-refractivity contribution is -0.137. The lowest BCUT2D eigenvalue weighted by atomic mass is 10.0. The molecule has 0 heterocycles. The van der Waals surface area contributed by atoms with Gasteiger partial charge in [-0.05, 0) is 36.6 Å². The maximum Gasteiger partial charge on any atom is 0.303 e. The summed E-state index contributed by atoms with van der Waals surface area (Å²) >= 11 is 5.80. The molecule has 0 saturated carbocycles. The van der Waals surface area contributed by atoms with E-state index in [0.29, 0.717) is 6.42 Å². The van der Waals surface area contributed by atoms with Crippen molar-refractivity contribution in [3.05, 3.63) is 70.5 Å². The molecule has 0 aliphatic carbocycles. The van der Waals surface area contributed by atoms with Crippen LogP contribution in [0.1, 0.15) is 24.0 Å². The second-order valence-electron chi connectivity index (χ2n) is 5.93. The number of rotatable bonds is 9. The Labute approximate surface area is 156 Å². The maximum atomic E-state index is 13.8. The molecular formula is C18H19ClFNO4S. The van der Waals surface area contributed by atoms with Gasteiger partial charge in [-0.1, -0.05) is 41.9 Å². The zero-order chi connectivity index (χ0) is 19.2. The van der Waals surface area contributed by atoms with E-state index in [2.05, 4.69) is 4.72 Å². The number of aliphatic carboxylic acids is 1. The van der Waals surface area contributed by atoms with Crippen LogP contribution in [0.3, 0.4) is 0 Å². The van der Waals surface area contributed by atoms with Gasteiger partial charge in [-0.3, -0.25) is 4.79 Å². The molecule has 0 saturated heterocycles. The molecule has 0 bridgehead atoms. The van der Waals surface area contributed by atoms with Crippen molar-refractivity contribution in [2.75, 3.05) is 0 Å². The Bertz CT molecular complexity index is 859. The van der Waals surface area contributed by atoms with Crippen molar-refractivity contribution in [1.29, 1.82) is 0 Å². The van der Waals surface area contributed by atoms with Crippen molar-refractivity contribution >= 4 is 27.6 Å². The number of hydrogen-bond acceptors (Lipinski definition) is 3. The Morgan fingerprint density at radius 3 is 2.54 bits per heavy atom. The monoisotopic (exact) mass is 399 g/mol. The summed E-state index contributed by atoms with van der Waals surface area (Å²) in [6.07, 6.45) is 0.290. The van der Waals surface area contributed by atoms with Crippen LogP contribution in [-0.4, -0.2) is 25.5 Å². The third kappa shape index (κ3) is 6.74. The van der Waals surface area contributed by atoms with E-state index in [4.69, 9.17) is 16.7 Å². The van der Waals surface area contributed by atoms with E-state index in [1.165, 1.54) is 12.1 Å². The number of benzene rings is 2. The van der Waals surface area contributed by atoms with Crippen LogP contribution in [0.4, 0.5) is 4.39 Å². The van der Waals surface area contributed by atoms with Crippen molar-refractivity contribution in [3.8, 4) is 0 Å². The third-order valence-electron chi connectivity index (χ3n) is 3.73. The molecular weight excluding hydrogens is 381 g/mol. The first-order chi connectivity index (χ1) is 12.2. The van der Waals surface area contributed by atoms with E-state index in [-0.39, 0.29) is 23.4 Å². The normalized spacial score (nSPS) is 12.7. The van der Waals surface area contributed by atoms with Gasteiger partial charge in [-0.25, -0.2) is 17.5 Å². The molecule has 0 amide bonds. The Morgan fingerprint density at radius 2 is 1.88 bits per heavy atom. The zero-order valence-corrected chi connectivity index (χ0v) is 15.4. The van der Waals surface area contributed by atoms with E-state index in [9.17, 15) is 17.6 Å². The topological polar surface area (TPSA) is 83.5 Å². The van der Waals surface area contributed by atoms with Gasteiger partial charge in [0.25, 0.3) is 0 Å². The van der Waals surface area contributed by atoms with E-state index < -0.39 is 33.6 Å². The van der Waals surface area contributed by atoms with Crippen LogP contribution in [-0.2, 0) is 27.0 Å². The van der Waals surface area contributed by atoms with Crippen molar-refractivity contribution in [1.82, 2.24) is 4.72 Å². The largest absolute Gasteiger partial charge is 0.481 e. The van der Waals surface area contributed by atoms with Gasteiger partial charge < -0.3 is 5.11 Å². The highest BCUT2D eigenvalue weighted by Gasteiger charge is 2.21. The smallest absolute Gasteiger partial charge is 0.303 e. The highest BCUT2D eigenvalue weighted by atomic mass is 35.5. The van der Waals surface area contributed by atoms with E-state index in [0.717, 1.165) is 11.6 Å². The molecule has 0 radical (unpaired) electrons. The van der Waals surface area contributed by atoms with Crippen LogP contribution >= 0.6 is 11.6 Å². The molecule has 2 aromatic rings. The van der Waals surface area contributed by atoms with Crippen LogP contribution in [0.25, 0.3) is 0 Å². The van der Waals surface area contributed by atoms with Crippen LogP contribution in [0.5, 0.6) is 0 Å². The molecule has 0 aliphatic rings. The van der Waals surface area contributed by atoms with Gasteiger partial charge in [0.2, 0.25) is 10.0 Å². The quantitative estimate of drug-likeness (QED) is 0.677. The standard InChI is InChI=1S/C18H19ClFNO4S/c19-15-6-8-17(20)14(11-15)12-26(24,25)21-16(7-9-18(22)23)10-13-4-2-1-3-5-13/h1-6,8,11,16,21H,7,9-10,12H2,(H,22,23). The summed E-state index contributed by atoms with van der Waals surface area (Å²) in [5.41, 5.74) is 0.834. The van der Waals surface area contributed by atoms with Gasteiger partial charge >= 0.3 is 5.97 Å². The van der Waals surface area contributed by atoms with Gasteiger partial charge in [-0.15, -0.1) is 0 Å². The molecule has 2 N–H and O–H groups in total. The van der Waals surface area contributed by atoms with Gasteiger partial charge in [-0.2, -0.15) is 0 Å². The highest BCUT2D eigenvalue weighted by Crippen LogP contribution is 2.18. The second kappa shape index (κ2) is 9.12. The van der Waals surface area contributed by atoms with E-state index >= 15 is 0 Å². The van der Waals surface area contributed by atoms with Crippen LogP contribution in [0.2, 0.25) is 5.02 Å². The summed E-state index contributed by atoms with van der Waals surface area (Å²) in [6, 6.07) is 12.2. The average molecular weight is 400 g/mol. The summed E-state index contributed by atoms with van der Waals surface area (Å²) in [7, 11) is -3.88. The first-order valence-corrected chi connectivity index (χ1v) is 9.98. The third-order valence-corrected chi connectivity index (χ3v) is 5.35. The van der Waals surface area contributed by atoms with Gasteiger partial charge in [0, 0.05) is 23.0 Å². The second-order valence-corrected chi connectivity index (χ2v) is 8.12. The predicted molar refractivity (Wildman–Crippen MR) is 98.0 cm³/mol. The van der Waals surface area contributed by atoms with Gasteiger partial charge in [0.15, 0.2) is 0 Å². The molecule has 0 spiro atoms. The molecule has 26 heavy (non-hydrogen) atoms. The highest BCUT2D eigenvalue weighted by molar-refractivity contribution is 7.88. The summed E-state index contributed by atoms with van der Waals surface area (Å²) in [6.45, 7) is 0. The molecule has 5 nitrogen and oxygen atoms in total. The van der Waals surface area contributed by atoms with Crippen LogP contribution in [0, 0.1) is 5.82 Å². The number of nitrogens with one attached hydrogen (secondary N) is 1. The molecule has 1 atom stereocenters. The number of hydrogen-bond donors (Lipinski definition) is 2. The summed E-state index contributed by atoms with van der Waals surface area (Å²) < 4.78 is 41.2. The lowest BCUT2D eigenvalue weighted by Gasteiger charge is -2.18.